The van der Waals surface area contributed by atoms with Crippen LogP contribution in [-0.4, -0.2) is 62.7 Å². The van der Waals surface area contributed by atoms with Gasteiger partial charge in [0.1, 0.15) is 0 Å². The van der Waals surface area contributed by atoms with Crippen molar-refractivity contribution in [3.8, 4) is 0 Å². The molecule has 0 saturated carbocycles. The molecule has 1 N–H and O–H groups in total. The third-order valence-corrected chi connectivity index (χ3v) is 3.93. The first kappa shape index (κ1) is 14.9. The topological polar surface area (TPSA) is 18.5 Å². The second-order valence-electron chi connectivity index (χ2n) is 6.27. The van der Waals surface area contributed by atoms with Crippen molar-refractivity contribution in [3.05, 3.63) is 0 Å². The number of nitrogens with one attached hydrogen (secondary N) is 1. The average Bonchev–Trinajstić information content (AvgIpc) is 2.26. The summed E-state index contributed by atoms with van der Waals surface area (Å²) in [5, 5.41) is 3.55. The van der Waals surface area contributed by atoms with E-state index in [9.17, 15) is 0 Å². The molecule has 2 atom stereocenters. The Balaban J connectivity index is 2.49. The van der Waals surface area contributed by atoms with Crippen LogP contribution in [0.5, 0.6) is 0 Å². The molecule has 0 aliphatic carbocycles. The van der Waals surface area contributed by atoms with Gasteiger partial charge in [0, 0.05) is 25.7 Å². The van der Waals surface area contributed by atoms with Crippen molar-refractivity contribution in [2.75, 3.05) is 46.8 Å². The van der Waals surface area contributed by atoms with Gasteiger partial charge in [-0.25, -0.2) is 0 Å². The van der Waals surface area contributed by atoms with Crippen molar-refractivity contribution in [2.45, 2.75) is 39.7 Å². The summed E-state index contributed by atoms with van der Waals surface area (Å²) >= 11 is 0. The Morgan fingerprint density at radius 2 is 2.06 bits per heavy atom. The molecule has 2 unspecified atom stereocenters. The van der Waals surface area contributed by atoms with Gasteiger partial charge in [0.25, 0.3) is 0 Å². The number of rotatable bonds is 6. The normalized spacial score (nSPS) is 27.7. The van der Waals surface area contributed by atoms with E-state index < -0.39 is 0 Å². The van der Waals surface area contributed by atoms with Crippen LogP contribution < -0.4 is 5.32 Å². The minimum Gasteiger partial charge on any atom is -0.316 e. The molecule has 0 aromatic rings. The van der Waals surface area contributed by atoms with Crippen molar-refractivity contribution in [3.63, 3.8) is 0 Å². The summed E-state index contributed by atoms with van der Waals surface area (Å²) in [5.74, 6) is 0. The van der Waals surface area contributed by atoms with Crippen LogP contribution in [0.4, 0.5) is 0 Å². The number of piperidine rings is 1. The standard InChI is InChI=1S/C14H31N3/c1-6-17(13(2)10-16(4)5)12-14(3)8-7-9-15-11-14/h13,15H,6-12H2,1-5H3. The van der Waals surface area contributed by atoms with Crippen LogP contribution in [0.3, 0.4) is 0 Å². The van der Waals surface area contributed by atoms with E-state index in [0.29, 0.717) is 11.5 Å². The molecule has 1 saturated heterocycles. The molecule has 0 aromatic heterocycles. The minimum absolute atomic E-state index is 0.467. The lowest BCUT2D eigenvalue weighted by Crippen LogP contribution is -2.50. The number of hydrogen-bond donors (Lipinski definition) is 1. The zero-order chi connectivity index (χ0) is 12.9. The monoisotopic (exact) mass is 241 g/mol. The van der Waals surface area contributed by atoms with Gasteiger partial charge in [0.2, 0.25) is 0 Å². The molecule has 1 fully saturated rings. The van der Waals surface area contributed by atoms with E-state index in [1.165, 1.54) is 32.5 Å². The summed E-state index contributed by atoms with van der Waals surface area (Å²) in [6, 6.07) is 0.647. The summed E-state index contributed by atoms with van der Waals surface area (Å²) in [6.07, 6.45) is 2.70. The summed E-state index contributed by atoms with van der Waals surface area (Å²) < 4.78 is 0. The number of nitrogens with zero attached hydrogens (tertiary/aromatic N) is 2. The van der Waals surface area contributed by atoms with Gasteiger partial charge in [-0.2, -0.15) is 0 Å². The predicted molar refractivity (Wildman–Crippen MR) is 75.5 cm³/mol. The Kier molecular flexibility index (Phi) is 5.90. The van der Waals surface area contributed by atoms with Crippen molar-refractivity contribution in [1.29, 1.82) is 0 Å². The maximum absolute atomic E-state index is 3.55. The Labute approximate surface area is 108 Å². The Hall–Kier alpha value is -0.120. The van der Waals surface area contributed by atoms with E-state index >= 15 is 0 Å². The molecular formula is C14H31N3. The zero-order valence-corrected chi connectivity index (χ0v) is 12.4. The molecule has 1 rings (SSSR count). The van der Waals surface area contributed by atoms with E-state index in [-0.39, 0.29) is 0 Å². The van der Waals surface area contributed by atoms with Crippen LogP contribution in [0, 0.1) is 5.41 Å². The molecule has 102 valence electrons. The third-order valence-electron chi connectivity index (χ3n) is 3.93. The number of likely N-dealkylation sites (N-methyl/N-ethyl adjacent to an activating group) is 2. The summed E-state index contributed by atoms with van der Waals surface area (Å²) in [4.78, 5) is 4.92. The Bertz CT molecular complexity index is 210. The van der Waals surface area contributed by atoms with Crippen molar-refractivity contribution >= 4 is 0 Å². The highest BCUT2D eigenvalue weighted by atomic mass is 15.2. The van der Waals surface area contributed by atoms with Crippen LogP contribution in [0.2, 0.25) is 0 Å². The molecule has 1 heterocycles. The Morgan fingerprint density at radius 1 is 1.35 bits per heavy atom. The molecule has 0 bridgehead atoms. The van der Waals surface area contributed by atoms with Gasteiger partial charge in [-0.3, -0.25) is 4.90 Å². The highest BCUT2D eigenvalue weighted by molar-refractivity contribution is 4.85. The van der Waals surface area contributed by atoms with Gasteiger partial charge in [0.05, 0.1) is 0 Å². The first-order valence-corrected chi connectivity index (χ1v) is 7.06. The van der Waals surface area contributed by atoms with Crippen LogP contribution >= 0.6 is 0 Å². The molecule has 0 radical (unpaired) electrons. The first-order chi connectivity index (χ1) is 7.97. The van der Waals surface area contributed by atoms with Gasteiger partial charge >= 0.3 is 0 Å². The Morgan fingerprint density at radius 3 is 2.53 bits per heavy atom. The maximum atomic E-state index is 3.55. The van der Waals surface area contributed by atoms with Gasteiger partial charge < -0.3 is 10.2 Å². The molecule has 17 heavy (non-hydrogen) atoms. The van der Waals surface area contributed by atoms with Crippen molar-refractivity contribution in [2.24, 2.45) is 5.41 Å². The average molecular weight is 241 g/mol. The van der Waals surface area contributed by atoms with E-state index in [1.54, 1.807) is 0 Å². The molecular weight excluding hydrogens is 210 g/mol. The van der Waals surface area contributed by atoms with E-state index in [0.717, 1.165) is 13.1 Å². The van der Waals surface area contributed by atoms with Gasteiger partial charge in [0.15, 0.2) is 0 Å². The van der Waals surface area contributed by atoms with Crippen molar-refractivity contribution < 1.29 is 0 Å². The second kappa shape index (κ2) is 6.72. The van der Waals surface area contributed by atoms with E-state index in [1.807, 2.05) is 0 Å². The lowest BCUT2D eigenvalue weighted by Gasteiger charge is -2.41. The fourth-order valence-corrected chi connectivity index (χ4v) is 2.97. The SMILES string of the molecule is CCN(CC1(C)CCCNC1)C(C)CN(C)C. The smallest absolute Gasteiger partial charge is 0.0194 e. The lowest BCUT2D eigenvalue weighted by atomic mass is 9.82. The molecule has 3 nitrogen and oxygen atoms in total. The highest BCUT2D eigenvalue weighted by Gasteiger charge is 2.30. The fourth-order valence-electron chi connectivity index (χ4n) is 2.97. The van der Waals surface area contributed by atoms with Crippen LogP contribution in [0.1, 0.15) is 33.6 Å². The van der Waals surface area contributed by atoms with Gasteiger partial charge in [-0.1, -0.05) is 13.8 Å². The largest absolute Gasteiger partial charge is 0.316 e. The second-order valence-corrected chi connectivity index (χ2v) is 6.27. The molecule has 1 aliphatic rings. The quantitative estimate of drug-likeness (QED) is 0.763. The fraction of sp³-hybridized carbons (Fsp3) is 1.00. The van der Waals surface area contributed by atoms with E-state index in [2.05, 4.69) is 50.0 Å². The molecule has 0 amide bonds. The zero-order valence-electron chi connectivity index (χ0n) is 12.4. The molecule has 3 heteroatoms. The van der Waals surface area contributed by atoms with Gasteiger partial charge in [-0.15, -0.1) is 0 Å². The first-order valence-electron chi connectivity index (χ1n) is 7.06. The highest BCUT2D eigenvalue weighted by Crippen LogP contribution is 2.27. The summed E-state index contributed by atoms with van der Waals surface area (Å²) in [5.41, 5.74) is 0.467. The van der Waals surface area contributed by atoms with Crippen LogP contribution in [0.25, 0.3) is 0 Å². The van der Waals surface area contributed by atoms with Crippen LogP contribution in [0.15, 0.2) is 0 Å². The summed E-state index contributed by atoms with van der Waals surface area (Å²) in [6.45, 7) is 13.0. The van der Waals surface area contributed by atoms with Crippen molar-refractivity contribution in [1.82, 2.24) is 15.1 Å². The predicted octanol–water partition coefficient (Wildman–Crippen LogP) is 1.65. The van der Waals surface area contributed by atoms with E-state index in [4.69, 9.17) is 0 Å². The van der Waals surface area contributed by atoms with Gasteiger partial charge in [-0.05, 0) is 52.4 Å². The lowest BCUT2D eigenvalue weighted by molar-refractivity contribution is 0.0962. The number of hydrogen-bond acceptors (Lipinski definition) is 3. The third kappa shape index (κ3) is 4.94. The molecule has 0 aromatic carbocycles. The minimum atomic E-state index is 0.467. The van der Waals surface area contributed by atoms with Crippen LogP contribution in [-0.2, 0) is 0 Å². The maximum Gasteiger partial charge on any atom is 0.0194 e. The molecule has 1 aliphatic heterocycles. The molecule has 0 spiro atoms. The summed E-state index contributed by atoms with van der Waals surface area (Å²) in [7, 11) is 4.32.